The highest BCUT2D eigenvalue weighted by Gasteiger charge is 2.15. The van der Waals surface area contributed by atoms with Crippen molar-refractivity contribution in [3.63, 3.8) is 0 Å². The molecule has 1 aromatic rings. The summed E-state index contributed by atoms with van der Waals surface area (Å²) < 4.78 is 0. The van der Waals surface area contributed by atoms with E-state index in [1.807, 2.05) is 0 Å². The van der Waals surface area contributed by atoms with Crippen LogP contribution >= 0.6 is 11.3 Å². The van der Waals surface area contributed by atoms with Crippen molar-refractivity contribution >= 4 is 22.4 Å². The van der Waals surface area contributed by atoms with E-state index in [9.17, 15) is 4.79 Å². The molecule has 1 aromatic heterocycles. The minimum atomic E-state index is -0.122. The van der Waals surface area contributed by atoms with Crippen molar-refractivity contribution in [3.05, 3.63) is 23.2 Å². The quantitative estimate of drug-likeness (QED) is 0.748. The molecule has 0 bridgehead atoms. The molecule has 80 valence electrons. The Bertz CT molecular complexity index is 386. The normalized spacial score (nSPS) is 20.1. The zero-order valence-corrected chi connectivity index (χ0v) is 9.09. The molecule has 0 saturated heterocycles. The third-order valence-corrected chi connectivity index (χ3v) is 3.03. The molecule has 0 fully saturated rings. The zero-order chi connectivity index (χ0) is 10.7. The number of anilines is 1. The summed E-state index contributed by atoms with van der Waals surface area (Å²) in [6.07, 6.45) is 7.19. The minimum absolute atomic E-state index is 0.122. The second-order valence-corrected chi connectivity index (χ2v) is 4.42. The van der Waals surface area contributed by atoms with E-state index >= 15 is 0 Å². The van der Waals surface area contributed by atoms with Crippen molar-refractivity contribution in [1.82, 2.24) is 10.3 Å². The minimum Gasteiger partial charge on any atom is -0.375 e. The van der Waals surface area contributed by atoms with Gasteiger partial charge in [0.15, 0.2) is 5.13 Å². The fourth-order valence-corrected chi connectivity index (χ4v) is 2.12. The third-order valence-electron chi connectivity index (χ3n) is 2.36. The van der Waals surface area contributed by atoms with E-state index in [4.69, 9.17) is 5.73 Å². The van der Waals surface area contributed by atoms with Crippen molar-refractivity contribution < 1.29 is 4.79 Å². The number of nitrogens with zero attached hydrogens (tertiary/aromatic N) is 1. The van der Waals surface area contributed by atoms with Crippen molar-refractivity contribution in [1.29, 1.82) is 0 Å². The van der Waals surface area contributed by atoms with Crippen LogP contribution in [0.3, 0.4) is 0 Å². The summed E-state index contributed by atoms with van der Waals surface area (Å²) in [5.41, 5.74) is 5.89. The topological polar surface area (TPSA) is 68.0 Å². The number of nitrogens with one attached hydrogen (secondary N) is 1. The first-order valence-corrected chi connectivity index (χ1v) is 5.80. The molecule has 1 amide bonds. The number of thiazole rings is 1. The number of allylic oxidation sites excluding steroid dienone is 1. The van der Waals surface area contributed by atoms with Crippen molar-refractivity contribution in [3.8, 4) is 0 Å². The molecule has 3 N–H and O–H groups in total. The number of hydrogen-bond acceptors (Lipinski definition) is 4. The molecular weight excluding hydrogens is 210 g/mol. The molecule has 0 saturated carbocycles. The van der Waals surface area contributed by atoms with Gasteiger partial charge in [0.2, 0.25) is 0 Å². The predicted octanol–water partition coefficient (Wildman–Crippen LogP) is 1.56. The molecule has 5 heteroatoms. The highest BCUT2D eigenvalue weighted by Crippen LogP contribution is 2.14. The van der Waals surface area contributed by atoms with Crippen molar-refractivity contribution in [2.24, 2.45) is 0 Å². The number of nitrogen functional groups attached to an aromatic ring is 1. The standard InChI is InChI=1S/C10H13N3OS/c11-10-13-8(6-15-10)9(14)12-7-4-2-1-3-5-7/h1-2,6-7H,3-5H2,(H2,11,13)(H,12,14). The van der Waals surface area contributed by atoms with Gasteiger partial charge in [-0.25, -0.2) is 4.98 Å². The molecule has 2 rings (SSSR count). The summed E-state index contributed by atoms with van der Waals surface area (Å²) in [5.74, 6) is -0.122. The van der Waals surface area contributed by atoms with E-state index in [2.05, 4.69) is 22.5 Å². The van der Waals surface area contributed by atoms with Crippen LogP contribution in [0.5, 0.6) is 0 Å². The highest BCUT2D eigenvalue weighted by atomic mass is 32.1. The summed E-state index contributed by atoms with van der Waals surface area (Å²) in [6.45, 7) is 0. The highest BCUT2D eigenvalue weighted by molar-refractivity contribution is 7.13. The maximum Gasteiger partial charge on any atom is 0.271 e. The van der Waals surface area contributed by atoms with Crippen LogP contribution in [-0.2, 0) is 0 Å². The Labute approximate surface area is 92.2 Å². The van der Waals surface area contributed by atoms with Crippen LogP contribution in [0.15, 0.2) is 17.5 Å². The van der Waals surface area contributed by atoms with Crippen LogP contribution in [0.25, 0.3) is 0 Å². The predicted molar refractivity (Wildman–Crippen MR) is 60.8 cm³/mol. The number of carbonyl (C=O) groups excluding carboxylic acids is 1. The molecule has 0 aliphatic heterocycles. The number of hydrogen-bond donors (Lipinski definition) is 2. The summed E-state index contributed by atoms with van der Waals surface area (Å²) in [4.78, 5) is 15.6. The molecule has 4 nitrogen and oxygen atoms in total. The van der Waals surface area contributed by atoms with Gasteiger partial charge < -0.3 is 11.1 Å². The zero-order valence-electron chi connectivity index (χ0n) is 8.27. The van der Waals surface area contributed by atoms with Crippen molar-refractivity contribution in [2.75, 3.05) is 5.73 Å². The lowest BCUT2D eigenvalue weighted by atomic mass is 10.0. The largest absolute Gasteiger partial charge is 0.375 e. The van der Waals surface area contributed by atoms with Gasteiger partial charge in [-0.3, -0.25) is 4.79 Å². The number of carbonyl (C=O) groups is 1. The first-order chi connectivity index (χ1) is 7.25. The first-order valence-electron chi connectivity index (χ1n) is 4.92. The smallest absolute Gasteiger partial charge is 0.271 e. The lowest BCUT2D eigenvalue weighted by Crippen LogP contribution is -2.35. The van der Waals surface area contributed by atoms with Crippen LogP contribution in [0.1, 0.15) is 29.8 Å². The first kappa shape index (κ1) is 10.2. The maximum atomic E-state index is 11.7. The molecule has 1 unspecified atom stereocenters. The van der Waals surface area contributed by atoms with Gasteiger partial charge in [-0.2, -0.15) is 0 Å². The summed E-state index contributed by atoms with van der Waals surface area (Å²) in [6, 6.07) is 0.241. The molecular formula is C10H13N3OS. The molecule has 0 radical (unpaired) electrons. The van der Waals surface area contributed by atoms with E-state index in [0.29, 0.717) is 10.8 Å². The Kier molecular flexibility index (Phi) is 3.01. The lowest BCUT2D eigenvalue weighted by Gasteiger charge is -2.18. The van der Waals surface area contributed by atoms with Gasteiger partial charge in [-0.05, 0) is 19.3 Å². The van der Waals surface area contributed by atoms with Gasteiger partial charge in [0, 0.05) is 11.4 Å². The third kappa shape index (κ3) is 2.56. The number of amides is 1. The average molecular weight is 223 g/mol. The van der Waals surface area contributed by atoms with Crippen LogP contribution in [0.2, 0.25) is 0 Å². The molecule has 15 heavy (non-hydrogen) atoms. The van der Waals surface area contributed by atoms with E-state index in [1.54, 1.807) is 5.38 Å². The maximum absolute atomic E-state index is 11.7. The van der Waals surface area contributed by atoms with Crippen LogP contribution in [0, 0.1) is 0 Å². The molecule has 0 spiro atoms. The average Bonchev–Trinajstić information content (AvgIpc) is 2.66. The fourth-order valence-electron chi connectivity index (χ4n) is 1.58. The van der Waals surface area contributed by atoms with Gasteiger partial charge in [0.1, 0.15) is 5.69 Å². The second-order valence-electron chi connectivity index (χ2n) is 3.53. The van der Waals surface area contributed by atoms with Crippen LogP contribution < -0.4 is 11.1 Å². The molecule has 1 atom stereocenters. The Morgan fingerprint density at radius 3 is 3.07 bits per heavy atom. The lowest BCUT2D eigenvalue weighted by molar-refractivity contribution is 0.0930. The second kappa shape index (κ2) is 4.44. The number of nitrogens with two attached hydrogens (primary N) is 1. The molecule has 1 aliphatic carbocycles. The van der Waals surface area contributed by atoms with Gasteiger partial charge in [-0.15, -0.1) is 11.3 Å². The Morgan fingerprint density at radius 2 is 2.47 bits per heavy atom. The Hall–Kier alpha value is -1.36. The van der Waals surface area contributed by atoms with E-state index < -0.39 is 0 Å². The van der Waals surface area contributed by atoms with E-state index in [1.165, 1.54) is 11.3 Å². The van der Waals surface area contributed by atoms with E-state index in [0.717, 1.165) is 19.3 Å². The van der Waals surface area contributed by atoms with Gasteiger partial charge in [0.25, 0.3) is 5.91 Å². The summed E-state index contributed by atoms with van der Waals surface area (Å²) in [7, 11) is 0. The Balaban J connectivity index is 1.94. The molecule has 1 heterocycles. The summed E-state index contributed by atoms with van der Waals surface area (Å²) >= 11 is 1.29. The Morgan fingerprint density at radius 1 is 1.60 bits per heavy atom. The van der Waals surface area contributed by atoms with Crippen molar-refractivity contribution in [2.45, 2.75) is 25.3 Å². The van der Waals surface area contributed by atoms with Gasteiger partial charge in [0.05, 0.1) is 0 Å². The van der Waals surface area contributed by atoms with Crippen LogP contribution in [-0.4, -0.2) is 16.9 Å². The van der Waals surface area contributed by atoms with Gasteiger partial charge >= 0.3 is 0 Å². The fraction of sp³-hybridized carbons (Fsp3) is 0.400. The monoisotopic (exact) mass is 223 g/mol. The SMILES string of the molecule is Nc1nc(C(=O)NC2CC=CCC2)cs1. The van der Waals surface area contributed by atoms with Gasteiger partial charge in [-0.1, -0.05) is 12.2 Å². The molecule has 0 aromatic carbocycles. The number of aromatic nitrogens is 1. The number of rotatable bonds is 2. The van der Waals surface area contributed by atoms with Crippen LogP contribution in [0.4, 0.5) is 5.13 Å². The summed E-state index contributed by atoms with van der Waals surface area (Å²) in [5, 5.41) is 5.06. The molecule has 1 aliphatic rings. The van der Waals surface area contributed by atoms with E-state index in [-0.39, 0.29) is 11.9 Å².